The van der Waals surface area contributed by atoms with Crippen LogP contribution in [-0.4, -0.2) is 44.4 Å². The number of nitrogens with zero attached hydrogens (tertiary/aromatic N) is 4. The molecule has 0 saturated heterocycles. The molecule has 0 bridgehead atoms. The number of rotatable bonds is 10. The molecule has 0 saturated carbocycles. The summed E-state index contributed by atoms with van der Waals surface area (Å²) in [5.74, 6) is 0.760. The van der Waals surface area contributed by atoms with Crippen molar-refractivity contribution in [2.24, 2.45) is 11.7 Å². The highest BCUT2D eigenvalue weighted by Gasteiger charge is 2.21. The average molecular weight is 569 g/mol. The molecule has 0 aliphatic carbocycles. The van der Waals surface area contributed by atoms with Crippen molar-refractivity contribution < 1.29 is 4.79 Å². The van der Waals surface area contributed by atoms with Gasteiger partial charge in [0.05, 0.1) is 17.6 Å². The Morgan fingerprint density at radius 1 is 1.17 bits per heavy atom. The van der Waals surface area contributed by atoms with Crippen LogP contribution in [0.4, 0.5) is 0 Å². The summed E-state index contributed by atoms with van der Waals surface area (Å²) >= 11 is 4.68. The number of hydrogen-bond donors (Lipinski definition) is 1. The van der Waals surface area contributed by atoms with E-state index in [9.17, 15) is 9.59 Å². The Hall–Kier alpha value is -2.88. The van der Waals surface area contributed by atoms with Gasteiger partial charge in [-0.2, -0.15) is 4.37 Å². The Morgan fingerprint density at radius 3 is 2.58 bits per heavy atom. The van der Waals surface area contributed by atoms with Crippen LogP contribution in [0.3, 0.4) is 0 Å². The second-order valence-electron chi connectivity index (χ2n) is 9.06. The summed E-state index contributed by atoms with van der Waals surface area (Å²) in [6.07, 6.45) is 1.28. The zero-order chi connectivity index (χ0) is 25.7. The molecule has 4 aromatic rings. The van der Waals surface area contributed by atoms with E-state index >= 15 is 0 Å². The zero-order valence-electron chi connectivity index (χ0n) is 20.5. The van der Waals surface area contributed by atoms with Crippen molar-refractivity contribution in [3.63, 3.8) is 0 Å². The number of carbonyl (C=O) groups excluding carboxylic acids is 1. The number of amides is 1. The predicted octanol–water partition coefficient (Wildman–Crippen LogP) is 4.64. The SMILES string of the molecule is Cc1nsc2nc(CC(C)CN(CCCN)C(=O)c3ccc(Br)cc3)n(Cc3ccccc3)c(=O)c12. The first-order chi connectivity index (χ1) is 17.4. The molecule has 1 unspecified atom stereocenters. The van der Waals surface area contributed by atoms with E-state index in [2.05, 4.69) is 27.2 Å². The summed E-state index contributed by atoms with van der Waals surface area (Å²) in [6, 6.07) is 17.3. The van der Waals surface area contributed by atoms with Gasteiger partial charge in [0.2, 0.25) is 0 Å². The second kappa shape index (κ2) is 11.9. The molecule has 0 spiro atoms. The van der Waals surface area contributed by atoms with Gasteiger partial charge in [-0.05, 0) is 67.2 Å². The number of halogens is 1. The fourth-order valence-corrected chi connectivity index (χ4v) is 5.33. The van der Waals surface area contributed by atoms with Crippen molar-refractivity contribution in [3.8, 4) is 0 Å². The van der Waals surface area contributed by atoms with Crippen molar-refractivity contribution in [3.05, 3.63) is 92.1 Å². The Kier molecular flexibility index (Phi) is 8.66. The van der Waals surface area contributed by atoms with E-state index in [-0.39, 0.29) is 17.4 Å². The molecule has 2 aromatic carbocycles. The number of benzene rings is 2. The fraction of sp³-hybridized carbons (Fsp3) is 0.333. The van der Waals surface area contributed by atoms with Crippen molar-refractivity contribution in [1.82, 2.24) is 18.8 Å². The van der Waals surface area contributed by atoms with E-state index in [0.717, 1.165) is 16.5 Å². The molecule has 2 heterocycles. The Morgan fingerprint density at radius 2 is 1.89 bits per heavy atom. The highest BCUT2D eigenvalue weighted by atomic mass is 79.9. The van der Waals surface area contributed by atoms with Crippen LogP contribution in [0.25, 0.3) is 10.2 Å². The first kappa shape index (κ1) is 26.2. The largest absolute Gasteiger partial charge is 0.338 e. The highest BCUT2D eigenvalue weighted by Crippen LogP contribution is 2.20. The average Bonchev–Trinajstić information content (AvgIpc) is 3.25. The van der Waals surface area contributed by atoms with Crippen LogP contribution in [-0.2, 0) is 13.0 Å². The van der Waals surface area contributed by atoms with Gasteiger partial charge in [0.1, 0.15) is 5.82 Å². The molecule has 4 rings (SSSR count). The van der Waals surface area contributed by atoms with Gasteiger partial charge < -0.3 is 10.6 Å². The monoisotopic (exact) mass is 567 g/mol. The van der Waals surface area contributed by atoms with Crippen molar-refractivity contribution >= 4 is 43.6 Å². The molecule has 1 atom stereocenters. The van der Waals surface area contributed by atoms with E-state index in [1.807, 2.05) is 66.4 Å². The summed E-state index contributed by atoms with van der Waals surface area (Å²) in [5, 5.41) is 0.585. The standard InChI is InChI=1S/C27H30BrN5O2S/c1-18(16-32(14-6-13-29)26(34)21-9-11-22(28)12-10-21)15-23-30-25-24(19(2)31-36-25)27(35)33(23)17-20-7-4-3-5-8-20/h3-5,7-12,18H,6,13-17,29H2,1-2H3. The molecule has 0 fully saturated rings. The maximum absolute atomic E-state index is 13.5. The highest BCUT2D eigenvalue weighted by molar-refractivity contribution is 9.10. The summed E-state index contributed by atoms with van der Waals surface area (Å²) in [4.78, 5) is 34.2. The topological polar surface area (TPSA) is 94.1 Å². The van der Waals surface area contributed by atoms with Crippen LogP contribution >= 0.6 is 27.5 Å². The Balaban J connectivity index is 1.61. The first-order valence-electron chi connectivity index (χ1n) is 12.0. The number of hydrogen-bond acceptors (Lipinski definition) is 6. The maximum atomic E-state index is 13.5. The van der Waals surface area contributed by atoms with E-state index in [1.165, 1.54) is 11.5 Å². The molecule has 0 aliphatic heterocycles. The van der Waals surface area contributed by atoms with Crippen molar-refractivity contribution in [1.29, 1.82) is 0 Å². The number of fused-ring (bicyclic) bond motifs is 1. The number of carbonyl (C=O) groups is 1. The van der Waals surface area contributed by atoms with Gasteiger partial charge in [-0.15, -0.1) is 0 Å². The maximum Gasteiger partial charge on any atom is 0.264 e. The molecule has 1 amide bonds. The fourth-order valence-electron chi connectivity index (χ4n) is 4.28. The third kappa shape index (κ3) is 6.08. The lowest BCUT2D eigenvalue weighted by Gasteiger charge is -2.26. The third-order valence-electron chi connectivity index (χ3n) is 6.10. The minimum Gasteiger partial charge on any atom is -0.338 e. The molecular formula is C27H30BrN5O2S. The van der Waals surface area contributed by atoms with Gasteiger partial charge in [-0.25, -0.2) is 4.98 Å². The Bertz CT molecular complexity index is 1390. The molecule has 2 aromatic heterocycles. The third-order valence-corrected chi connectivity index (χ3v) is 7.47. The summed E-state index contributed by atoms with van der Waals surface area (Å²) in [5.41, 5.74) is 8.08. The second-order valence-corrected chi connectivity index (χ2v) is 10.7. The molecule has 188 valence electrons. The smallest absolute Gasteiger partial charge is 0.264 e. The predicted molar refractivity (Wildman–Crippen MR) is 149 cm³/mol. The molecule has 36 heavy (non-hydrogen) atoms. The number of aromatic nitrogens is 3. The quantitative estimate of drug-likeness (QED) is 0.301. The van der Waals surface area contributed by atoms with Crippen LogP contribution in [0, 0.1) is 12.8 Å². The lowest BCUT2D eigenvalue weighted by atomic mass is 10.0. The first-order valence-corrected chi connectivity index (χ1v) is 13.6. The van der Waals surface area contributed by atoms with E-state index in [1.54, 1.807) is 4.57 Å². The molecular weight excluding hydrogens is 538 g/mol. The van der Waals surface area contributed by atoms with Gasteiger partial charge in [-0.3, -0.25) is 14.2 Å². The van der Waals surface area contributed by atoms with E-state index in [0.29, 0.717) is 59.9 Å². The molecule has 9 heteroatoms. The van der Waals surface area contributed by atoms with Gasteiger partial charge in [0, 0.05) is 29.5 Å². The van der Waals surface area contributed by atoms with Gasteiger partial charge >= 0.3 is 0 Å². The van der Waals surface area contributed by atoms with E-state index in [4.69, 9.17) is 10.7 Å². The van der Waals surface area contributed by atoms with Crippen LogP contribution in [0.2, 0.25) is 0 Å². The van der Waals surface area contributed by atoms with Crippen molar-refractivity contribution in [2.45, 2.75) is 33.2 Å². The van der Waals surface area contributed by atoms with Crippen molar-refractivity contribution in [2.75, 3.05) is 19.6 Å². The van der Waals surface area contributed by atoms with Gasteiger partial charge in [-0.1, -0.05) is 53.2 Å². The van der Waals surface area contributed by atoms with Crippen LogP contribution in [0.5, 0.6) is 0 Å². The molecule has 0 aliphatic rings. The number of aryl methyl sites for hydroxylation is 1. The van der Waals surface area contributed by atoms with Crippen LogP contribution < -0.4 is 11.3 Å². The Labute approximate surface area is 223 Å². The van der Waals surface area contributed by atoms with Crippen LogP contribution in [0.15, 0.2) is 63.9 Å². The summed E-state index contributed by atoms with van der Waals surface area (Å²) in [7, 11) is 0. The molecule has 0 radical (unpaired) electrons. The van der Waals surface area contributed by atoms with Gasteiger partial charge in [0.25, 0.3) is 11.5 Å². The van der Waals surface area contributed by atoms with Gasteiger partial charge in [0.15, 0.2) is 4.83 Å². The lowest BCUT2D eigenvalue weighted by molar-refractivity contribution is 0.0730. The minimum absolute atomic E-state index is 0.0223. The normalized spacial score (nSPS) is 12.1. The molecule has 7 nitrogen and oxygen atoms in total. The summed E-state index contributed by atoms with van der Waals surface area (Å²) in [6.45, 7) is 6.00. The zero-order valence-corrected chi connectivity index (χ0v) is 22.9. The molecule has 2 N–H and O–H groups in total. The number of nitrogens with two attached hydrogens (primary N) is 1. The lowest BCUT2D eigenvalue weighted by Crippen LogP contribution is -2.37. The van der Waals surface area contributed by atoms with E-state index < -0.39 is 0 Å². The van der Waals surface area contributed by atoms with Crippen LogP contribution in [0.1, 0.15) is 40.8 Å². The minimum atomic E-state index is -0.0665. The summed E-state index contributed by atoms with van der Waals surface area (Å²) < 4.78 is 7.06.